The number of nitrogens with zero attached hydrogens (tertiary/aromatic N) is 2. The second kappa shape index (κ2) is 8.80. The largest absolute Gasteiger partial charge is 0.321 e. The van der Waals surface area contributed by atoms with Crippen LogP contribution in [0, 0.1) is 12.7 Å². The Morgan fingerprint density at radius 2 is 1.75 bits per heavy atom. The van der Waals surface area contributed by atoms with Crippen molar-refractivity contribution in [3.63, 3.8) is 0 Å². The van der Waals surface area contributed by atoms with E-state index in [-0.39, 0.29) is 11.3 Å². The molecule has 0 fully saturated rings. The van der Waals surface area contributed by atoms with Crippen molar-refractivity contribution in [2.45, 2.75) is 13.1 Å². The van der Waals surface area contributed by atoms with Gasteiger partial charge in [0.2, 0.25) is 6.17 Å². The van der Waals surface area contributed by atoms with Gasteiger partial charge >= 0.3 is 6.03 Å². The Labute approximate surface area is 189 Å². The zero-order chi connectivity index (χ0) is 22.8. The Hall–Kier alpha value is -3.71. The van der Waals surface area contributed by atoms with Crippen LogP contribution in [0.2, 0.25) is 5.02 Å². The molecule has 2 N–H and O–H groups in total. The summed E-state index contributed by atoms with van der Waals surface area (Å²) in [4.78, 5) is 31.7. The minimum atomic E-state index is -1.27. The van der Waals surface area contributed by atoms with Crippen LogP contribution in [0.4, 0.5) is 20.6 Å². The van der Waals surface area contributed by atoms with Crippen LogP contribution in [0.3, 0.4) is 0 Å². The quantitative estimate of drug-likeness (QED) is 0.604. The summed E-state index contributed by atoms with van der Waals surface area (Å²) in [5.74, 6) is -0.943. The number of urea groups is 1. The predicted octanol–water partition coefficient (Wildman–Crippen LogP) is 4.75. The smallest absolute Gasteiger partial charge is 0.311 e. The number of rotatable bonds is 3. The van der Waals surface area contributed by atoms with E-state index in [1.807, 2.05) is 13.0 Å². The van der Waals surface area contributed by atoms with Crippen LogP contribution in [0.25, 0.3) is 0 Å². The van der Waals surface area contributed by atoms with Gasteiger partial charge in [0.15, 0.2) is 0 Å². The van der Waals surface area contributed by atoms with Gasteiger partial charge in [0.1, 0.15) is 5.82 Å². The van der Waals surface area contributed by atoms with Gasteiger partial charge in [-0.2, -0.15) is 0 Å². The van der Waals surface area contributed by atoms with Crippen molar-refractivity contribution in [3.05, 3.63) is 94.3 Å². The molecule has 0 saturated heterocycles. The first kappa shape index (κ1) is 21.5. The molecule has 32 heavy (non-hydrogen) atoms. The number of aliphatic imine (C=N–C) groups is 1. The fourth-order valence-electron chi connectivity index (χ4n) is 3.50. The van der Waals surface area contributed by atoms with E-state index in [0.29, 0.717) is 22.0 Å². The number of benzodiazepines with no additional fused rings is 1. The lowest BCUT2D eigenvalue weighted by atomic mass is 10.00. The number of likely N-dealkylation sites (N-methyl/N-ethyl adjacent to an activating group) is 1. The van der Waals surface area contributed by atoms with Crippen molar-refractivity contribution in [3.8, 4) is 0 Å². The molecule has 4 rings (SSSR count). The van der Waals surface area contributed by atoms with Gasteiger partial charge in [0.25, 0.3) is 5.91 Å². The Morgan fingerprint density at radius 1 is 1.06 bits per heavy atom. The van der Waals surface area contributed by atoms with E-state index in [9.17, 15) is 14.0 Å². The second-order valence-corrected chi connectivity index (χ2v) is 7.76. The molecule has 1 unspecified atom stereocenters. The lowest BCUT2D eigenvalue weighted by molar-refractivity contribution is -0.119. The van der Waals surface area contributed by atoms with E-state index in [4.69, 9.17) is 11.6 Å². The van der Waals surface area contributed by atoms with Gasteiger partial charge in [-0.25, -0.2) is 14.2 Å². The topological polar surface area (TPSA) is 73.8 Å². The van der Waals surface area contributed by atoms with E-state index in [1.165, 1.54) is 11.0 Å². The van der Waals surface area contributed by atoms with Gasteiger partial charge in [-0.3, -0.25) is 4.79 Å². The zero-order valence-electron chi connectivity index (χ0n) is 17.4. The van der Waals surface area contributed by atoms with E-state index in [2.05, 4.69) is 15.6 Å². The Kier molecular flexibility index (Phi) is 5.92. The minimum absolute atomic E-state index is 0.233. The van der Waals surface area contributed by atoms with Crippen molar-refractivity contribution >= 4 is 40.6 Å². The lowest BCUT2D eigenvalue weighted by Gasteiger charge is -2.21. The van der Waals surface area contributed by atoms with Crippen molar-refractivity contribution in [1.82, 2.24) is 5.32 Å². The molecule has 6 nitrogen and oxygen atoms in total. The maximum Gasteiger partial charge on any atom is 0.321 e. The minimum Gasteiger partial charge on any atom is -0.311 e. The molecule has 0 aliphatic carbocycles. The molecule has 0 aromatic heterocycles. The summed E-state index contributed by atoms with van der Waals surface area (Å²) in [6.07, 6.45) is -1.27. The average Bonchev–Trinajstić information content (AvgIpc) is 2.87. The number of benzene rings is 3. The molecule has 0 spiro atoms. The fourth-order valence-corrected chi connectivity index (χ4v) is 3.67. The highest BCUT2D eigenvalue weighted by Gasteiger charge is 2.31. The number of carbonyl (C=O) groups excluding carboxylic acids is 2. The Morgan fingerprint density at radius 3 is 2.50 bits per heavy atom. The molecule has 8 heteroatoms. The summed E-state index contributed by atoms with van der Waals surface area (Å²) < 4.78 is 14.7. The molecular formula is C24H20ClFN4O2. The van der Waals surface area contributed by atoms with Crippen LogP contribution in [0.1, 0.15) is 16.7 Å². The molecule has 0 saturated carbocycles. The third kappa shape index (κ3) is 4.20. The number of aryl methyl sites for hydroxylation is 1. The molecule has 0 bridgehead atoms. The fraction of sp³-hybridized carbons (Fsp3) is 0.125. The molecule has 162 valence electrons. The molecule has 3 aromatic carbocycles. The first-order chi connectivity index (χ1) is 15.3. The summed E-state index contributed by atoms with van der Waals surface area (Å²) >= 11 is 6.16. The van der Waals surface area contributed by atoms with Crippen LogP contribution in [-0.4, -0.2) is 30.9 Å². The monoisotopic (exact) mass is 450 g/mol. The summed E-state index contributed by atoms with van der Waals surface area (Å²) in [7, 11) is 1.59. The number of hydrogen-bond acceptors (Lipinski definition) is 3. The number of para-hydroxylation sites is 1. The van der Waals surface area contributed by atoms with E-state index in [0.717, 1.165) is 5.56 Å². The number of halogens is 2. The normalized spacial score (nSPS) is 15.5. The SMILES string of the molecule is Cc1ccc(Cl)c(NC(=O)NC2N=C(c3ccccc3F)c3ccccc3N(C)C2=O)c1. The molecule has 0 radical (unpaired) electrons. The van der Waals surface area contributed by atoms with Gasteiger partial charge < -0.3 is 15.5 Å². The van der Waals surface area contributed by atoms with E-state index < -0.39 is 23.9 Å². The van der Waals surface area contributed by atoms with Gasteiger partial charge in [-0.1, -0.05) is 48.0 Å². The molecule has 3 aromatic rings. The van der Waals surface area contributed by atoms with Crippen LogP contribution >= 0.6 is 11.6 Å². The van der Waals surface area contributed by atoms with Crippen LogP contribution in [-0.2, 0) is 4.79 Å². The molecule has 1 atom stereocenters. The van der Waals surface area contributed by atoms with E-state index in [1.54, 1.807) is 61.6 Å². The number of amides is 3. The highest BCUT2D eigenvalue weighted by molar-refractivity contribution is 6.33. The number of hydrogen-bond donors (Lipinski definition) is 2. The maximum absolute atomic E-state index is 14.7. The maximum atomic E-state index is 14.7. The molecule has 1 heterocycles. The summed E-state index contributed by atoms with van der Waals surface area (Å²) in [6, 6.07) is 17.8. The molecule has 3 amide bonds. The molecule has 1 aliphatic heterocycles. The highest BCUT2D eigenvalue weighted by Crippen LogP contribution is 2.28. The van der Waals surface area contributed by atoms with Gasteiger partial charge in [-0.15, -0.1) is 0 Å². The molecule has 1 aliphatic rings. The second-order valence-electron chi connectivity index (χ2n) is 7.36. The Bertz CT molecular complexity index is 1240. The highest BCUT2D eigenvalue weighted by atomic mass is 35.5. The van der Waals surface area contributed by atoms with Crippen molar-refractivity contribution < 1.29 is 14.0 Å². The van der Waals surface area contributed by atoms with Crippen molar-refractivity contribution in [2.75, 3.05) is 17.3 Å². The standard InChI is InChI=1S/C24H20ClFN4O2/c1-14-11-12-17(25)19(13-14)27-24(32)29-22-23(31)30(2)20-10-6-4-8-16(20)21(28-22)15-7-3-5-9-18(15)26/h3-13,22H,1-2H3,(H2,27,29,32). The number of anilines is 2. The number of nitrogens with one attached hydrogen (secondary N) is 2. The third-order valence-electron chi connectivity index (χ3n) is 5.11. The van der Waals surface area contributed by atoms with Crippen molar-refractivity contribution in [1.29, 1.82) is 0 Å². The first-order valence-electron chi connectivity index (χ1n) is 9.88. The van der Waals surface area contributed by atoms with Gasteiger partial charge in [0.05, 0.1) is 22.1 Å². The van der Waals surface area contributed by atoms with Crippen molar-refractivity contribution in [2.24, 2.45) is 4.99 Å². The van der Waals surface area contributed by atoms with E-state index >= 15 is 0 Å². The first-order valence-corrected chi connectivity index (χ1v) is 10.3. The van der Waals surface area contributed by atoms with Crippen LogP contribution in [0.5, 0.6) is 0 Å². The summed E-state index contributed by atoms with van der Waals surface area (Å²) in [5, 5.41) is 5.58. The lowest BCUT2D eigenvalue weighted by Crippen LogP contribution is -2.47. The zero-order valence-corrected chi connectivity index (χ0v) is 18.2. The summed E-state index contributed by atoms with van der Waals surface area (Å²) in [5.41, 5.74) is 2.96. The molecular weight excluding hydrogens is 431 g/mol. The summed E-state index contributed by atoms with van der Waals surface area (Å²) in [6.45, 7) is 1.87. The van der Waals surface area contributed by atoms with Gasteiger partial charge in [0, 0.05) is 18.2 Å². The average molecular weight is 451 g/mol. The predicted molar refractivity (Wildman–Crippen MR) is 124 cm³/mol. The Balaban J connectivity index is 1.72. The third-order valence-corrected chi connectivity index (χ3v) is 5.44. The number of carbonyl (C=O) groups is 2. The van der Waals surface area contributed by atoms with Crippen LogP contribution < -0.4 is 15.5 Å². The van der Waals surface area contributed by atoms with Gasteiger partial charge in [-0.05, 0) is 42.8 Å². The number of fused-ring (bicyclic) bond motifs is 1. The van der Waals surface area contributed by atoms with Crippen LogP contribution in [0.15, 0.2) is 71.7 Å².